The molecule has 1 atom stereocenters. The minimum absolute atomic E-state index is 0.0804. The topological polar surface area (TPSA) is 67.7 Å². The number of aryl methyl sites for hydroxylation is 1. The number of amides is 1. The predicted molar refractivity (Wildman–Crippen MR) is 112 cm³/mol. The standard InChI is InChI=1S/C22H30N4O3/c1-2-3-10-26-21(27)19-9-5-4-8-18(19)20(23-26)22(28)25-13-11-24(12-14-25)16-17-7-6-15-29-17/h4-5,8-9,17H,2-3,6-7,10-16H2,1H3. The van der Waals surface area contributed by atoms with Gasteiger partial charge in [0.15, 0.2) is 5.69 Å². The maximum Gasteiger partial charge on any atom is 0.275 e. The van der Waals surface area contributed by atoms with E-state index in [-0.39, 0.29) is 11.5 Å². The van der Waals surface area contributed by atoms with E-state index in [4.69, 9.17) is 4.74 Å². The Labute approximate surface area is 171 Å². The molecule has 7 nitrogen and oxygen atoms in total. The van der Waals surface area contributed by atoms with Crippen molar-refractivity contribution in [1.82, 2.24) is 19.6 Å². The van der Waals surface area contributed by atoms with Crippen LogP contribution >= 0.6 is 0 Å². The molecule has 0 bridgehead atoms. The van der Waals surface area contributed by atoms with E-state index < -0.39 is 0 Å². The molecule has 29 heavy (non-hydrogen) atoms. The third-order valence-corrected chi connectivity index (χ3v) is 5.94. The summed E-state index contributed by atoms with van der Waals surface area (Å²) >= 11 is 0. The maximum absolute atomic E-state index is 13.3. The van der Waals surface area contributed by atoms with Crippen molar-refractivity contribution in [2.75, 3.05) is 39.3 Å². The lowest BCUT2D eigenvalue weighted by atomic mass is 10.1. The summed E-state index contributed by atoms with van der Waals surface area (Å²) in [5.41, 5.74) is 0.274. The number of carbonyl (C=O) groups excluding carboxylic acids is 1. The molecule has 0 N–H and O–H groups in total. The molecule has 2 aliphatic rings. The zero-order valence-corrected chi connectivity index (χ0v) is 17.2. The Morgan fingerprint density at radius 2 is 1.93 bits per heavy atom. The van der Waals surface area contributed by atoms with E-state index in [1.54, 1.807) is 6.07 Å². The molecular formula is C22H30N4O3. The molecule has 3 heterocycles. The maximum atomic E-state index is 13.3. The molecule has 0 spiro atoms. The van der Waals surface area contributed by atoms with Crippen molar-refractivity contribution in [3.63, 3.8) is 0 Å². The second kappa shape index (κ2) is 9.05. The molecule has 0 radical (unpaired) electrons. The highest BCUT2D eigenvalue weighted by Crippen LogP contribution is 2.18. The molecule has 156 valence electrons. The van der Waals surface area contributed by atoms with Gasteiger partial charge in [-0.15, -0.1) is 0 Å². The number of hydrogen-bond acceptors (Lipinski definition) is 5. The molecule has 0 aliphatic carbocycles. The first-order valence-corrected chi connectivity index (χ1v) is 10.8. The lowest BCUT2D eigenvalue weighted by Gasteiger charge is -2.35. The highest BCUT2D eigenvalue weighted by atomic mass is 16.5. The van der Waals surface area contributed by atoms with Crippen molar-refractivity contribution in [2.24, 2.45) is 0 Å². The summed E-state index contributed by atoms with van der Waals surface area (Å²) in [5, 5.41) is 5.71. The number of aromatic nitrogens is 2. The summed E-state index contributed by atoms with van der Waals surface area (Å²) in [6.45, 7) is 7.48. The molecule has 2 aliphatic heterocycles. The molecule has 1 aromatic heterocycles. The number of fused-ring (bicyclic) bond motifs is 1. The van der Waals surface area contributed by atoms with Crippen molar-refractivity contribution in [3.8, 4) is 0 Å². The van der Waals surface area contributed by atoms with Gasteiger partial charge in [0.05, 0.1) is 11.5 Å². The summed E-state index contributed by atoms with van der Waals surface area (Å²) in [4.78, 5) is 30.3. The molecule has 7 heteroatoms. The summed E-state index contributed by atoms with van der Waals surface area (Å²) in [5.74, 6) is -0.0804. The Kier molecular flexibility index (Phi) is 6.25. The van der Waals surface area contributed by atoms with Crippen LogP contribution in [0.1, 0.15) is 43.1 Å². The first kappa shape index (κ1) is 20.0. The zero-order valence-electron chi connectivity index (χ0n) is 17.2. The fourth-order valence-corrected chi connectivity index (χ4v) is 4.21. The minimum atomic E-state index is -0.119. The number of rotatable bonds is 6. The van der Waals surface area contributed by atoms with Gasteiger partial charge in [-0.05, 0) is 25.3 Å². The van der Waals surface area contributed by atoms with Crippen LogP contribution in [0.5, 0.6) is 0 Å². The first-order chi connectivity index (χ1) is 14.2. The predicted octanol–water partition coefficient (Wildman–Crippen LogP) is 2.13. The van der Waals surface area contributed by atoms with E-state index >= 15 is 0 Å². The molecule has 4 rings (SSSR count). The number of piperazine rings is 1. The van der Waals surface area contributed by atoms with Crippen molar-refractivity contribution in [2.45, 2.75) is 45.3 Å². The van der Waals surface area contributed by atoms with E-state index in [2.05, 4.69) is 16.9 Å². The van der Waals surface area contributed by atoms with Crippen molar-refractivity contribution < 1.29 is 9.53 Å². The molecule has 1 aromatic carbocycles. The summed E-state index contributed by atoms with van der Waals surface area (Å²) in [7, 11) is 0. The Balaban J connectivity index is 1.52. The summed E-state index contributed by atoms with van der Waals surface area (Å²) in [6.07, 6.45) is 4.45. The normalized spacial score (nSPS) is 20.4. The fourth-order valence-electron chi connectivity index (χ4n) is 4.21. The molecule has 2 fully saturated rings. The van der Waals surface area contributed by atoms with Gasteiger partial charge in [0.1, 0.15) is 0 Å². The van der Waals surface area contributed by atoms with Crippen LogP contribution in [-0.4, -0.2) is 70.9 Å². The number of hydrogen-bond donors (Lipinski definition) is 0. The Hall–Kier alpha value is -2.25. The third kappa shape index (κ3) is 4.36. The largest absolute Gasteiger partial charge is 0.377 e. The minimum Gasteiger partial charge on any atom is -0.377 e. The fraction of sp³-hybridized carbons (Fsp3) is 0.591. The van der Waals surface area contributed by atoms with E-state index in [0.29, 0.717) is 42.2 Å². The quantitative estimate of drug-likeness (QED) is 0.746. The Bertz CT molecular complexity index is 912. The van der Waals surface area contributed by atoms with Gasteiger partial charge in [-0.3, -0.25) is 14.5 Å². The van der Waals surface area contributed by atoms with E-state index in [1.165, 1.54) is 4.68 Å². The smallest absolute Gasteiger partial charge is 0.275 e. The van der Waals surface area contributed by atoms with Gasteiger partial charge in [0, 0.05) is 51.3 Å². The van der Waals surface area contributed by atoms with E-state index in [0.717, 1.165) is 51.9 Å². The van der Waals surface area contributed by atoms with Crippen molar-refractivity contribution in [3.05, 3.63) is 40.3 Å². The molecule has 1 amide bonds. The van der Waals surface area contributed by atoms with Crippen LogP contribution in [0.15, 0.2) is 29.1 Å². The SMILES string of the molecule is CCCCn1nc(C(=O)N2CCN(CC3CCCO3)CC2)c2ccccc2c1=O. The highest BCUT2D eigenvalue weighted by Gasteiger charge is 2.27. The molecule has 2 aromatic rings. The van der Waals surface area contributed by atoms with Crippen LogP contribution < -0.4 is 5.56 Å². The third-order valence-electron chi connectivity index (χ3n) is 5.94. The molecule has 2 saturated heterocycles. The summed E-state index contributed by atoms with van der Waals surface area (Å²) in [6, 6.07) is 7.31. The van der Waals surface area contributed by atoms with E-state index in [1.807, 2.05) is 23.1 Å². The van der Waals surface area contributed by atoms with Crippen LogP contribution in [0.2, 0.25) is 0 Å². The Morgan fingerprint density at radius 1 is 1.17 bits per heavy atom. The van der Waals surface area contributed by atoms with E-state index in [9.17, 15) is 9.59 Å². The number of unbranched alkanes of at least 4 members (excludes halogenated alkanes) is 1. The monoisotopic (exact) mass is 398 g/mol. The average Bonchev–Trinajstić information content (AvgIpc) is 3.26. The van der Waals surface area contributed by atoms with Crippen LogP contribution in [0, 0.1) is 0 Å². The highest BCUT2D eigenvalue weighted by molar-refractivity contribution is 6.04. The number of ether oxygens (including phenoxy) is 1. The van der Waals surface area contributed by atoms with Gasteiger partial charge in [-0.25, -0.2) is 4.68 Å². The molecular weight excluding hydrogens is 368 g/mol. The van der Waals surface area contributed by atoms with Gasteiger partial charge < -0.3 is 9.64 Å². The van der Waals surface area contributed by atoms with Crippen LogP contribution in [0.3, 0.4) is 0 Å². The van der Waals surface area contributed by atoms with Crippen LogP contribution in [0.25, 0.3) is 10.8 Å². The second-order valence-corrected chi connectivity index (χ2v) is 8.00. The zero-order chi connectivity index (χ0) is 20.2. The van der Waals surface area contributed by atoms with Crippen LogP contribution in [0.4, 0.5) is 0 Å². The first-order valence-electron chi connectivity index (χ1n) is 10.8. The summed E-state index contributed by atoms with van der Waals surface area (Å²) < 4.78 is 7.20. The molecule has 1 unspecified atom stereocenters. The van der Waals surface area contributed by atoms with Crippen molar-refractivity contribution >= 4 is 16.7 Å². The van der Waals surface area contributed by atoms with Crippen molar-refractivity contribution in [1.29, 1.82) is 0 Å². The number of benzene rings is 1. The number of nitrogens with zero attached hydrogens (tertiary/aromatic N) is 4. The van der Waals surface area contributed by atoms with Crippen LogP contribution in [-0.2, 0) is 11.3 Å². The lowest BCUT2D eigenvalue weighted by molar-refractivity contribution is 0.0429. The molecule has 0 saturated carbocycles. The Morgan fingerprint density at radius 3 is 2.62 bits per heavy atom. The van der Waals surface area contributed by atoms with Gasteiger partial charge in [0.25, 0.3) is 11.5 Å². The van der Waals surface area contributed by atoms with Gasteiger partial charge in [-0.2, -0.15) is 5.10 Å². The number of carbonyl (C=O) groups is 1. The average molecular weight is 399 g/mol. The van der Waals surface area contributed by atoms with Gasteiger partial charge in [0.2, 0.25) is 0 Å². The van der Waals surface area contributed by atoms with Gasteiger partial charge >= 0.3 is 0 Å². The lowest BCUT2D eigenvalue weighted by Crippen LogP contribution is -2.50. The second-order valence-electron chi connectivity index (χ2n) is 8.00. The van der Waals surface area contributed by atoms with Gasteiger partial charge in [-0.1, -0.05) is 31.5 Å².